The first-order chi connectivity index (χ1) is 7.99. The zero-order valence-electron chi connectivity index (χ0n) is 9.36. The van der Waals surface area contributed by atoms with Gasteiger partial charge in [-0.25, -0.2) is 0 Å². The molecule has 1 aliphatic rings. The van der Waals surface area contributed by atoms with E-state index in [1.165, 1.54) is 0 Å². The summed E-state index contributed by atoms with van der Waals surface area (Å²) in [5, 5.41) is 10.2. The zero-order chi connectivity index (χ0) is 12.6. The lowest BCUT2D eigenvalue weighted by molar-refractivity contribution is -0.141. The number of carboxylic acids is 1. The van der Waals surface area contributed by atoms with Gasteiger partial charge >= 0.3 is 5.97 Å². The molecule has 1 aromatic carbocycles. The van der Waals surface area contributed by atoms with Gasteiger partial charge in [-0.3, -0.25) is 4.79 Å². The molecule has 5 heteroatoms. The molecule has 1 fully saturated rings. The van der Waals surface area contributed by atoms with Crippen LogP contribution < -0.4 is 0 Å². The number of carbonyl (C=O) groups is 1. The fourth-order valence-electron chi connectivity index (χ4n) is 2.33. The summed E-state index contributed by atoms with van der Waals surface area (Å²) in [6, 6.07) is 5.34. The first kappa shape index (κ1) is 12.7. The van der Waals surface area contributed by atoms with Crippen LogP contribution in [0.4, 0.5) is 0 Å². The second-order valence-electron chi connectivity index (χ2n) is 4.45. The van der Waals surface area contributed by atoms with Crippen molar-refractivity contribution in [3.63, 3.8) is 0 Å². The molecule has 1 saturated heterocycles. The highest BCUT2D eigenvalue weighted by atomic mass is 35.5. The van der Waals surface area contributed by atoms with Gasteiger partial charge in [-0.05, 0) is 24.7 Å². The first-order valence-corrected chi connectivity index (χ1v) is 6.11. The van der Waals surface area contributed by atoms with E-state index in [1.54, 1.807) is 12.1 Å². The largest absolute Gasteiger partial charge is 0.481 e. The van der Waals surface area contributed by atoms with Gasteiger partial charge in [0.2, 0.25) is 0 Å². The standard InChI is InChI=1S/C12H13Cl2NO2/c1-15-5-8(9(6-15)12(16)17)7-2-3-10(13)11(14)4-7/h2-4,8-9H,5-6H2,1H3,(H,16,17)/t8-,9-/m1/s1. The van der Waals surface area contributed by atoms with Crippen molar-refractivity contribution in [2.45, 2.75) is 5.92 Å². The number of likely N-dealkylation sites (tertiary alicyclic amines) is 1. The van der Waals surface area contributed by atoms with Crippen LogP contribution in [0.3, 0.4) is 0 Å². The molecule has 1 heterocycles. The molecule has 1 aliphatic heterocycles. The van der Waals surface area contributed by atoms with Crippen LogP contribution in [0.2, 0.25) is 10.0 Å². The molecule has 92 valence electrons. The van der Waals surface area contributed by atoms with Gasteiger partial charge in [0.15, 0.2) is 0 Å². The summed E-state index contributed by atoms with van der Waals surface area (Å²) in [5.41, 5.74) is 0.941. The second-order valence-corrected chi connectivity index (χ2v) is 5.26. The average molecular weight is 274 g/mol. The minimum atomic E-state index is -0.759. The summed E-state index contributed by atoms with van der Waals surface area (Å²) in [6.07, 6.45) is 0. The summed E-state index contributed by atoms with van der Waals surface area (Å²) in [4.78, 5) is 13.2. The van der Waals surface area contributed by atoms with Gasteiger partial charge in [-0.2, -0.15) is 0 Å². The van der Waals surface area contributed by atoms with Crippen LogP contribution in [0.15, 0.2) is 18.2 Å². The van der Waals surface area contributed by atoms with Crippen LogP contribution in [0, 0.1) is 5.92 Å². The third-order valence-electron chi connectivity index (χ3n) is 3.19. The maximum Gasteiger partial charge on any atom is 0.308 e. The molecule has 0 radical (unpaired) electrons. The smallest absolute Gasteiger partial charge is 0.308 e. The van der Waals surface area contributed by atoms with E-state index >= 15 is 0 Å². The molecular weight excluding hydrogens is 261 g/mol. The minimum absolute atomic E-state index is 0.0210. The van der Waals surface area contributed by atoms with Crippen LogP contribution >= 0.6 is 23.2 Å². The van der Waals surface area contributed by atoms with Gasteiger partial charge in [0, 0.05) is 19.0 Å². The number of halogens is 2. The Morgan fingerprint density at radius 3 is 2.65 bits per heavy atom. The third kappa shape index (κ3) is 2.57. The number of carboxylic acid groups (broad SMARTS) is 1. The zero-order valence-corrected chi connectivity index (χ0v) is 10.9. The van der Waals surface area contributed by atoms with Crippen molar-refractivity contribution in [3.8, 4) is 0 Å². The normalized spacial score (nSPS) is 25.1. The Morgan fingerprint density at radius 2 is 2.06 bits per heavy atom. The van der Waals surface area contributed by atoms with E-state index in [9.17, 15) is 9.90 Å². The number of hydrogen-bond acceptors (Lipinski definition) is 2. The van der Waals surface area contributed by atoms with E-state index < -0.39 is 5.97 Å². The van der Waals surface area contributed by atoms with Crippen molar-refractivity contribution in [1.82, 2.24) is 4.90 Å². The quantitative estimate of drug-likeness (QED) is 0.901. The van der Waals surface area contributed by atoms with Gasteiger partial charge in [-0.15, -0.1) is 0 Å². The predicted octanol–water partition coefficient (Wildman–Crippen LogP) is 2.72. The highest BCUT2D eigenvalue weighted by Crippen LogP contribution is 2.35. The molecule has 0 aliphatic carbocycles. The summed E-state index contributed by atoms with van der Waals surface area (Å²) in [5.74, 6) is -1.16. The minimum Gasteiger partial charge on any atom is -0.481 e. The SMILES string of the molecule is CN1C[C@H](c2ccc(Cl)c(Cl)c2)[C@H](C(=O)O)C1. The molecule has 3 nitrogen and oxygen atoms in total. The van der Waals surface area contributed by atoms with Gasteiger partial charge in [0.25, 0.3) is 0 Å². The summed E-state index contributed by atoms with van der Waals surface area (Å²) in [7, 11) is 1.92. The van der Waals surface area contributed by atoms with Crippen LogP contribution in [-0.4, -0.2) is 36.1 Å². The van der Waals surface area contributed by atoms with Crippen molar-refractivity contribution >= 4 is 29.2 Å². The average Bonchev–Trinajstić information content (AvgIpc) is 2.64. The molecule has 2 rings (SSSR count). The van der Waals surface area contributed by atoms with Crippen molar-refractivity contribution in [2.75, 3.05) is 20.1 Å². The van der Waals surface area contributed by atoms with Gasteiger partial charge in [0.05, 0.1) is 16.0 Å². The molecular formula is C12H13Cl2NO2. The van der Waals surface area contributed by atoms with Crippen molar-refractivity contribution < 1.29 is 9.90 Å². The van der Waals surface area contributed by atoms with Gasteiger partial charge in [-0.1, -0.05) is 29.3 Å². The maximum atomic E-state index is 11.2. The Kier molecular flexibility index (Phi) is 3.61. The van der Waals surface area contributed by atoms with E-state index in [0.717, 1.165) is 12.1 Å². The van der Waals surface area contributed by atoms with Crippen LogP contribution in [0.25, 0.3) is 0 Å². The number of likely N-dealkylation sites (N-methyl/N-ethyl adjacent to an activating group) is 1. The molecule has 0 unspecified atom stereocenters. The molecule has 1 N–H and O–H groups in total. The topological polar surface area (TPSA) is 40.5 Å². The Morgan fingerprint density at radius 1 is 1.35 bits per heavy atom. The predicted molar refractivity (Wildman–Crippen MR) is 67.8 cm³/mol. The molecule has 0 spiro atoms. The van der Waals surface area contributed by atoms with E-state index in [4.69, 9.17) is 23.2 Å². The Hall–Kier alpha value is -0.770. The Bertz CT molecular complexity index is 450. The van der Waals surface area contributed by atoms with Crippen LogP contribution in [-0.2, 0) is 4.79 Å². The number of aliphatic carboxylic acids is 1. The highest BCUT2D eigenvalue weighted by Gasteiger charge is 2.37. The van der Waals surface area contributed by atoms with Crippen molar-refractivity contribution in [2.24, 2.45) is 5.92 Å². The fraction of sp³-hybridized carbons (Fsp3) is 0.417. The van der Waals surface area contributed by atoms with E-state index in [1.807, 2.05) is 18.0 Å². The summed E-state index contributed by atoms with van der Waals surface area (Å²) >= 11 is 11.8. The Labute approximate surface area is 110 Å². The fourth-order valence-corrected chi connectivity index (χ4v) is 2.64. The van der Waals surface area contributed by atoms with Crippen LogP contribution in [0.5, 0.6) is 0 Å². The van der Waals surface area contributed by atoms with E-state index in [0.29, 0.717) is 16.6 Å². The van der Waals surface area contributed by atoms with Gasteiger partial charge in [0.1, 0.15) is 0 Å². The number of nitrogens with zero attached hydrogens (tertiary/aromatic N) is 1. The molecule has 2 atom stereocenters. The third-order valence-corrected chi connectivity index (χ3v) is 3.93. The molecule has 17 heavy (non-hydrogen) atoms. The monoisotopic (exact) mass is 273 g/mol. The van der Waals surface area contributed by atoms with E-state index in [-0.39, 0.29) is 11.8 Å². The van der Waals surface area contributed by atoms with Gasteiger partial charge < -0.3 is 10.0 Å². The Balaban J connectivity index is 2.31. The lowest BCUT2D eigenvalue weighted by Crippen LogP contribution is -2.21. The number of hydrogen-bond donors (Lipinski definition) is 1. The second kappa shape index (κ2) is 4.84. The molecule has 0 saturated carbocycles. The molecule has 1 aromatic rings. The maximum absolute atomic E-state index is 11.2. The van der Waals surface area contributed by atoms with Crippen LogP contribution in [0.1, 0.15) is 11.5 Å². The lowest BCUT2D eigenvalue weighted by Gasteiger charge is -2.15. The highest BCUT2D eigenvalue weighted by molar-refractivity contribution is 6.42. The summed E-state index contributed by atoms with van der Waals surface area (Å²) < 4.78 is 0. The first-order valence-electron chi connectivity index (χ1n) is 5.35. The number of rotatable bonds is 2. The van der Waals surface area contributed by atoms with Crippen molar-refractivity contribution in [1.29, 1.82) is 0 Å². The molecule has 0 bridgehead atoms. The van der Waals surface area contributed by atoms with E-state index in [2.05, 4.69) is 0 Å². The summed E-state index contributed by atoms with van der Waals surface area (Å²) in [6.45, 7) is 1.30. The van der Waals surface area contributed by atoms with Crippen molar-refractivity contribution in [3.05, 3.63) is 33.8 Å². The number of benzene rings is 1. The molecule has 0 amide bonds. The molecule has 0 aromatic heterocycles. The lowest BCUT2D eigenvalue weighted by atomic mass is 9.89.